The van der Waals surface area contributed by atoms with E-state index in [1.807, 2.05) is 18.2 Å². The molecular weight excluding hydrogens is 667 g/mol. The van der Waals surface area contributed by atoms with Crippen LogP contribution < -0.4 is 0 Å². The van der Waals surface area contributed by atoms with Crippen LogP contribution in [0, 0.1) is 5.92 Å². The zero-order chi connectivity index (χ0) is 38.6. The lowest BCUT2D eigenvalue weighted by Gasteiger charge is -2.37. The van der Waals surface area contributed by atoms with Crippen LogP contribution in [0.4, 0.5) is 0 Å². The summed E-state index contributed by atoms with van der Waals surface area (Å²) in [6, 6.07) is 47.2. The smallest absolute Gasteiger partial charge is 0.160 e. The van der Waals surface area contributed by atoms with Gasteiger partial charge < -0.3 is 4.90 Å². The predicted octanol–water partition coefficient (Wildman–Crippen LogP) is 14.1. The lowest BCUT2D eigenvalue weighted by Crippen LogP contribution is -2.28. The minimum absolute atomic E-state index is 0.0991. The van der Waals surface area contributed by atoms with Crippen molar-refractivity contribution in [2.24, 2.45) is 5.92 Å². The number of fused-ring (bicyclic) bond motifs is 1. The SMILES string of the molecule is C=C/C(=C\C=C/C)CC(c1ccccc1)N(C)/C(=C(\C)c1ccccc1-c1cccc(-c2nc(-c3ccccc3)c3ccccc3n2)c1)C(C)/C=C\CCC. The lowest BCUT2D eigenvalue weighted by atomic mass is 9.88. The van der Waals surface area contributed by atoms with Gasteiger partial charge >= 0.3 is 0 Å². The first-order chi connectivity index (χ1) is 26.9. The van der Waals surface area contributed by atoms with Crippen LogP contribution in [0.5, 0.6) is 0 Å². The minimum atomic E-state index is 0.0991. The molecule has 276 valence electrons. The fourth-order valence-electron chi connectivity index (χ4n) is 7.52. The monoisotopic (exact) mass is 719 g/mol. The maximum Gasteiger partial charge on any atom is 0.160 e. The Kier molecular flexibility index (Phi) is 13.2. The molecule has 0 N–H and O–H groups in total. The average Bonchev–Trinajstić information content (AvgIpc) is 3.24. The molecule has 0 amide bonds. The van der Waals surface area contributed by atoms with E-state index in [-0.39, 0.29) is 12.0 Å². The van der Waals surface area contributed by atoms with E-state index in [0.717, 1.165) is 52.5 Å². The van der Waals surface area contributed by atoms with Crippen LogP contribution in [0.1, 0.15) is 64.1 Å². The third kappa shape index (κ3) is 9.19. The summed E-state index contributed by atoms with van der Waals surface area (Å²) < 4.78 is 0. The zero-order valence-electron chi connectivity index (χ0n) is 33.0. The van der Waals surface area contributed by atoms with Crippen molar-refractivity contribution in [1.29, 1.82) is 0 Å². The zero-order valence-corrected chi connectivity index (χ0v) is 33.0. The molecule has 1 heterocycles. The van der Waals surface area contributed by atoms with E-state index in [2.05, 4.69) is 198 Å². The third-order valence-corrected chi connectivity index (χ3v) is 10.3. The molecule has 0 saturated heterocycles. The molecule has 6 aromatic rings. The van der Waals surface area contributed by atoms with Crippen molar-refractivity contribution in [2.45, 2.75) is 53.0 Å². The van der Waals surface area contributed by atoms with E-state index in [1.54, 1.807) is 0 Å². The molecule has 0 aliphatic rings. The van der Waals surface area contributed by atoms with Gasteiger partial charge in [-0.15, -0.1) is 0 Å². The second-order valence-corrected chi connectivity index (χ2v) is 14.1. The standard InChI is InChI=1S/C52H53N3/c1-7-10-14-24-38(4)51(55(6)49(41-26-15-12-16-27-41)36-40(9-3)25-11-8-2)39(5)45-32-19-20-33-46(45)43-30-23-31-44(37-43)52-53-48-35-22-21-34-47(48)50(54-52)42-28-17-13-18-29-42/h8-9,11-35,37-38,49H,3,7,10,36H2,1-2,4-6H3/b11-8-,24-14-,40-25+,51-39+. The first-order valence-electron chi connectivity index (χ1n) is 19.5. The van der Waals surface area contributed by atoms with E-state index >= 15 is 0 Å². The summed E-state index contributed by atoms with van der Waals surface area (Å²) in [6.45, 7) is 13.1. The molecule has 55 heavy (non-hydrogen) atoms. The maximum atomic E-state index is 5.19. The third-order valence-electron chi connectivity index (χ3n) is 10.3. The molecule has 3 nitrogen and oxygen atoms in total. The van der Waals surface area contributed by atoms with E-state index in [9.17, 15) is 0 Å². The molecular formula is C52H53N3. The quantitative estimate of drug-likeness (QED) is 0.0781. The van der Waals surface area contributed by atoms with Crippen molar-refractivity contribution in [1.82, 2.24) is 14.9 Å². The van der Waals surface area contributed by atoms with Crippen molar-refractivity contribution in [3.8, 4) is 33.8 Å². The summed E-state index contributed by atoms with van der Waals surface area (Å²) in [4.78, 5) is 12.8. The molecule has 2 atom stereocenters. The van der Waals surface area contributed by atoms with Crippen molar-refractivity contribution >= 4 is 16.5 Å². The van der Waals surface area contributed by atoms with Crippen LogP contribution in [0.15, 0.2) is 188 Å². The Hall–Kier alpha value is -6.06. The fraction of sp³-hybridized carbons (Fsp3) is 0.192. The van der Waals surface area contributed by atoms with Gasteiger partial charge in [-0.3, -0.25) is 0 Å². The average molecular weight is 720 g/mol. The van der Waals surface area contributed by atoms with E-state index in [4.69, 9.17) is 9.97 Å². The number of nitrogens with zero attached hydrogens (tertiary/aromatic N) is 3. The fourth-order valence-corrected chi connectivity index (χ4v) is 7.52. The van der Waals surface area contributed by atoms with Crippen molar-refractivity contribution in [2.75, 3.05) is 7.05 Å². The molecule has 6 rings (SSSR count). The van der Waals surface area contributed by atoms with Gasteiger partial charge in [0.1, 0.15) is 0 Å². The highest BCUT2D eigenvalue weighted by Crippen LogP contribution is 2.40. The number of para-hydroxylation sites is 1. The van der Waals surface area contributed by atoms with Gasteiger partial charge in [0.2, 0.25) is 0 Å². The lowest BCUT2D eigenvalue weighted by molar-refractivity contribution is 0.288. The summed E-state index contributed by atoms with van der Waals surface area (Å²) in [5, 5.41) is 1.05. The predicted molar refractivity (Wildman–Crippen MR) is 236 cm³/mol. The molecule has 0 saturated carbocycles. The largest absolute Gasteiger partial charge is 0.370 e. The van der Waals surface area contributed by atoms with Crippen molar-refractivity contribution < 1.29 is 0 Å². The van der Waals surface area contributed by atoms with Crippen LogP contribution in [0.3, 0.4) is 0 Å². The van der Waals surface area contributed by atoms with Crippen molar-refractivity contribution in [3.05, 3.63) is 199 Å². The molecule has 0 radical (unpaired) electrons. The van der Waals surface area contributed by atoms with Crippen LogP contribution in [0.2, 0.25) is 0 Å². The van der Waals surface area contributed by atoms with Gasteiger partial charge in [-0.2, -0.15) is 0 Å². The molecule has 0 spiro atoms. The number of benzene rings is 5. The minimum Gasteiger partial charge on any atom is -0.370 e. The molecule has 2 unspecified atom stereocenters. The number of allylic oxidation sites excluding steroid dienone is 7. The number of hydrogen-bond donors (Lipinski definition) is 0. The summed E-state index contributed by atoms with van der Waals surface area (Å²) in [6.07, 6.45) is 16.1. The van der Waals surface area contributed by atoms with Crippen LogP contribution >= 0.6 is 0 Å². The van der Waals surface area contributed by atoms with Crippen LogP contribution in [-0.4, -0.2) is 21.9 Å². The van der Waals surface area contributed by atoms with Gasteiger partial charge in [-0.25, -0.2) is 9.97 Å². The Labute approximate surface area is 328 Å². The van der Waals surface area contributed by atoms with Gasteiger partial charge in [0.05, 0.1) is 17.3 Å². The Morgan fingerprint density at radius 1 is 0.782 bits per heavy atom. The number of rotatable bonds is 15. The van der Waals surface area contributed by atoms with Crippen LogP contribution in [-0.2, 0) is 0 Å². The van der Waals surface area contributed by atoms with Gasteiger partial charge in [-0.1, -0.05) is 185 Å². The van der Waals surface area contributed by atoms with Gasteiger partial charge in [0.25, 0.3) is 0 Å². The Morgan fingerprint density at radius 3 is 2.20 bits per heavy atom. The second-order valence-electron chi connectivity index (χ2n) is 14.1. The Bertz CT molecular complexity index is 2330. The summed E-state index contributed by atoms with van der Waals surface area (Å²) in [5.74, 6) is 0.894. The highest BCUT2D eigenvalue weighted by Gasteiger charge is 2.25. The van der Waals surface area contributed by atoms with E-state index < -0.39 is 0 Å². The molecule has 0 fully saturated rings. The molecule has 0 aliphatic heterocycles. The van der Waals surface area contributed by atoms with Gasteiger partial charge in [0.15, 0.2) is 5.82 Å². The molecule has 1 aromatic heterocycles. The van der Waals surface area contributed by atoms with Crippen molar-refractivity contribution in [3.63, 3.8) is 0 Å². The number of unbranched alkanes of at least 4 members (excludes halogenated alkanes) is 1. The van der Waals surface area contributed by atoms with Gasteiger partial charge in [-0.05, 0) is 72.2 Å². The first-order valence-corrected chi connectivity index (χ1v) is 19.5. The molecule has 3 heteroatoms. The highest BCUT2D eigenvalue weighted by atomic mass is 15.1. The number of aromatic nitrogens is 2. The van der Waals surface area contributed by atoms with Crippen LogP contribution in [0.25, 0.3) is 50.2 Å². The Balaban J connectivity index is 1.49. The topological polar surface area (TPSA) is 29.0 Å². The van der Waals surface area contributed by atoms with E-state index in [0.29, 0.717) is 5.82 Å². The maximum absolute atomic E-state index is 5.19. The molecule has 0 bridgehead atoms. The first kappa shape index (κ1) is 38.7. The summed E-state index contributed by atoms with van der Waals surface area (Å²) in [5.41, 5.74) is 12.5. The molecule has 5 aromatic carbocycles. The van der Waals surface area contributed by atoms with Gasteiger partial charge in [0, 0.05) is 35.2 Å². The Morgan fingerprint density at radius 2 is 1.45 bits per heavy atom. The molecule has 0 aliphatic carbocycles. The van der Waals surface area contributed by atoms with E-state index in [1.165, 1.54) is 33.5 Å². The number of hydrogen-bond acceptors (Lipinski definition) is 3. The summed E-state index contributed by atoms with van der Waals surface area (Å²) >= 11 is 0. The normalized spacial score (nSPS) is 13.6. The second kappa shape index (κ2) is 18.8. The summed E-state index contributed by atoms with van der Waals surface area (Å²) in [7, 11) is 2.27. The highest BCUT2D eigenvalue weighted by molar-refractivity contribution is 5.94.